The molecule has 0 radical (unpaired) electrons. The zero-order valence-electron chi connectivity index (χ0n) is 15.1. The number of rotatable bonds is 4. The Morgan fingerprint density at radius 3 is 2.93 bits per heavy atom. The number of halogens is 1. The number of benzene rings is 2. The molecule has 2 aliphatic heterocycles. The molecule has 0 atom stereocenters. The third-order valence-electron chi connectivity index (χ3n) is 4.50. The highest BCUT2D eigenvalue weighted by atomic mass is 32.2. The Morgan fingerprint density at radius 1 is 1.17 bits per heavy atom. The van der Waals surface area contributed by atoms with Gasteiger partial charge in [-0.25, -0.2) is 14.1 Å². The molecule has 0 aliphatic carbocycles. The van der Waals surface area contributed by atoms with Gasteiger partial charge in [-0.2, -0.15) is 0 Å². The largest absolute Gasteiger partial charge is 0.485 e. The molecule has 3 heterocycles. The molecule has 0 N–H and O–H groups in total. The van der Waals surface area contributed by atoms with Gasteiger partial charge < -0.3 is 14.2 Å². The second kappa shape index (κ2) is 7.28. The third-order valence-corrected chi connectivity index (χ3v) is 5.40. The zero-order chi connectivity index (χ0) is 19.8. The lowest BCUT2D eigenvalue weighted by Gasteiger charge is -2.29. The first-order chi connectivity index (χ1) is 14.2. The highest BCUT2D eigenvalue weighted by molar-refractivity contribution is 7.99. The van der Waals surface area contributed by atoms with Gasteiger partial charge in [-0.15, -0.1) is 10.2 Å². The molecule has 5 rings (SSSR count). The number of hydrogen-bond acceptors (Lipinski definition) is 7. The van der Waals surface area contributed by atoms with Crippen LogP contribution in [0.1, 0.15) is 16.2 Å². The van der Waals surface area contributed by atoms with Crippen molar-refractivity contribution in [2.75, 3.05) is 24.1 Å². The fraction of sp³-hybridized carbons (Fsp3) is 0.211. The summed E-state index contributed by atoms with van der Waals surface area (Å²) >= 11 is 1.48. The lowest BCUT2D eigenvalue weighted by molar-refractivity contribution is 0.0948. The Hall–Kier alpha value is -3.27. The minimum Gasteiger partial charge on any atom is -0.485 e. The molecule has 1 aromatic heterocycles. The van der Waals surface area contributed by atoms with Gasteiger partial charge in [0.2, 0.25) is 11.9 Å². The maximum atomic E-state index is 14.1. The van der Waals surface area contributed by atoms with Gasteiger partial charge in [-0.3, -0.25) is 4.79 Å². The predicted octanol–water partition coefficient (Wildman–Crippen LogP) is 2.61. The molecule has 0 saturated heterocycles. The summed E-state index contributed by atoms with van der Waals surface area (Å²) in [7, 11) is 0. The van der Waals surface area contributed by atoms with Crippen LogP contribution >= 0.6 is 11.8 Å². The van der Waals surface area contributed by atoms with E-state index >= 15 is 0 Å². The first kappa shape index (κ1) is 17.8. The normalized spacial score (nSPS) is 14.6. The minimum absolute atomic E-state index is 0.00156. The summed E-state index contributed by atoms with van der Waals surface area (Å²) < 4.78 is 32.2. The number of aromatic nitrogens is 3. The van der Waals surface area contributed by atoms with Crippen molar-refractivity contribution in [2.45, 2.75) is 11.8 Å². The summed E-state index contributed by atoms with van der Waals surface area (Å²) in [6.07, 6.45) is 0. The molecule has 2 aromatic carbocycles. The molecule has 29 heavy (non-hydrogen) atoms. The first-order valence-corrected chi connectivity index (χ1v) is 9.85. The molecular weight excluding hydrogens is 399 g/mol. The topological polar surface area (TPSA) is 78.7 Å². The van der Waals surface area contributed by atoms with Crippen molar-refractivity contribution < 1.29 is 23.4 Å². The van der Waals surface area contributed by atoms with Crippen molar-refractivity contribution >= 4 is 17.7 Å². The summed E-state index contributed by atoms with van der Waals surface area (Å²) in [5.41, 5.74) is 0.00156. The second-order valence-electron chi connectivity index (χ2n) is 6.27. The monoisotopic (exact) mass is 414 g/mol. The lowest BCUT2D eigenvalue weighted by Crippen LogP contribution is -2.46. The summed E-state index contributed by atoms with van der Waals surface area (Å²) in [6, 6.07) is 11.2. The van der Waals surface area contributed by atoms with E-state index in [9.17, 15) is 9.18 Å². The van der Waals surface area contributed by atoms with Gasteiger partial charge in [0, 0.05) is 11.8 Å². The lowest BCUT2D eigenvalue weighted by atomic mass is 10.2. The number of hydrogen-bond donors (Lipinski definition) is 0. The van der Waals surface area contributed by atoms with Crippen LogP contribution in [0.2, 0.25) is 0 Å². The number of carbonyl (C=O) groups is 1. The molecule has 8 nitrogen and oxygen atoms in total. The maximum absolute atomic E-state index is 14.1. The highest BCUT2D eigenvalue weighted by Crippen LogP contribution is 2.35. The van der Waals surface area contributed by atoms with Gasteiger partial charge in [0.05, 0.1) is 12.1 Å². The van der Waals surface area contributed by atoms with Gasteiger partial charge in [-0.05, 0) is 24.3 Å². The number of carbonyl (C=O) groups excluding carboxylic acids is 1. The Morgan fingerprint density at radius 2 is 2.03 bits per heavy atom. The standard InChI is InChI=1S/C19H15FN4O4S/c20-14-4-2-1-3-13(14)18(25)23-7-8-29-19-22-21-17(24(19)23)10-26-12-5-6-15-16(9-12)28-11-27-15/h1-6,9H,7-8,10-11H2. The van der Waals surface area contributed by atoms with Crippen LogP contribution in [0.3, 0.4) is 0 Å². The van der Waals surface area contributed by atoms with Crippen molar-refractivity contribution in [2.24, 2.45) is 0 Å². The summed E-state index contributed by atoms with van der Waals surface area (Å²) in [5, 5.41) is 10.3. The van der Waals surface area contributed by atoms with Crippen LogP contribution in [-0.4, -0.2) is 39.9 Å². The molecule has 0 bridgehead atoms. The molecule has 3 aromatic rings. The van der Waals surface area contributed by atoms with Crippen molar-refractivity contribution in [1.29, 1.82) is 0 Å². The van der Waals surface area contributed by atoms with E-state index < -0.39 is 11.7 Å². The minimum atomic E-state index is -0.566. The van der Waals surface area contributed by atoms with Gasteiger partial charge in [0.1, 0.15) is 18.2 Å². The Labute approximate surface area is 169 Å². The fourth-order valence-corrected chi connectivity index (χ4v) is 3.99. The molecule has 1 amide bonds. The van der Waals surface area contributed by atoms with Crippen LogP contribution in [0.4, 0.5) is 4.39 Å². The van der Waals surface area contributed by atoms with Gasteiger partial charge >= 0.3 is 0 Å². The van der Waals surface area contributed by atoms with Gasteiger partial charge in [-0.1, -0.05) is 23.9 Å². The SMILES string of the molecule is O=C(c1ccccc1F)N1CCSc2nnc(COc3ccc4c(c3)OCO4)n21. The van der Waals surface area contributed by atoms with Crippen LogP contribution in [0.5, 0.6) is 17.2 Å². The van der Waals surface area contributed by atoms with E-state index in [1.807, 2.05) is 0 Å². The van der Waals surface area contributed by atoms with Gasteiger partial charge in [0.25, 0.3) is 5.91 Å². The number of fused-ring (bicyclic) bond motifs is 2. The molecule has 0 fully saturated rings. The average Bonchev–Trinajstić information content (AvgIpc) is 3.38. The van der Waals surface area contributed by atoms with E-state index in [1.54, 1.807) is 35.0 Å². The number of amides is 1. The van der Waals surface area contributed by atoms with Crippen LogP contribution < -0.4 is 19.2 Å². The van der Waals surface area contributed by atoms with Crippen LogP contribution in [0, 0.1) is 5.82 Å². The maximum Gasteiger partial charge on any atom is 0.275 e. The fourth-order valence-electron chi connectivity index (χ4n) is 3.12. The number of ether oxygens (including phenoxy) is 3. The van der Waals surface area contributed by atoms with E-state index in [2.05, 4.69) is 10.2 Å². The third kappa shape index (κ3) is 3.25. The molecule has 148 valence electrons. The summed E-state index contributed by atoms with van der Waals surface area (Å²) in [4.78, 5) is 13.0. The first-order valence-electron chi connectivity index (χ1n) is 8.87. The molecule has 0 unspecified atom stereocenters. The van der Waals surface area contributed by atoms with E-state index in [0.29, 0.717) is 40.5 Å². The van der Waals surface area contributed by atoms with Crippen molar-refractivity contribution in [3.05, 3.63) is 59.7 Å². The summed E-state index contributed by atoms with van der Waals surface area (Å²) in [5.74, 6) is 1.91. The van der Waals surface area contributed by atoms with Gasteiger partial charge in [0.15, 0.2) is 17.3 Å². The van der Waals surface area contributed by atoms with E-state index in [4.69, 9.17) is 14.2 Å². The molecule has 0 spiro atoms. The molecule has 10 heteroatoms. The zero-order valence-corrected chi connectivity index (χ0v) is 15.9. The van der Waals surface area contributed by atoms with Crippen molar-refractivity contribution in [3.63, 3.8) is 0 Å². The summed E-state index contributed by atoms with van der Waals surface area (Å²) in [6.45, 7) is 0.662. The van der Waals surface area contributed by atoms with Crippen molar-refractivity contribution in [3.8, 4) is 17.2 Å². The second-order valence-corrected chi connectivity index (χ2v) is 7.33. The van der Waals surface area contributed by atoms with Crippen molar-refractivity contribution in [1.82, 2.24) is 14.9 Å². The molecule has 0 saturated carbocycles. The van der Waals surface area contributed by atoms with E-state index in [1.165, 1.54) is 28.9 Å². The molecular formula is C19H15FN4O4S. The number of nitrogens with zero attached hydrogens (tertiary/aromatic N) is 4. The molecule has 2 aliphatic rings. The van der Waals surface area contributed by atoms with Crippen LogP contribution in [0.25, 0.3) is 0 Å². The number of thioether (sulfide) groups is 1. The van der Waals surface area contributed by atoms with Crippen LogP contribution in [-0.2, 0) is 6.61 Å². The Bertz CT molecular complexity index is 1090. The Balaban J connectivity index is 1.40. The smallest absolute Gasteiger partial charge is 0.275 e. The Kier molecular flexibility index (Phi) is 4.47. The highest BCUT2D eigenvalue weighted by Gasteiger charge is 2.29. The predicted molar refractivity (Wildman–Crippen MR) is 101 cm³/mol. The van der Waals surface area contributed by atoms with E-state index in [-0.39, 0.29) is 19.0 Å². The van der Waals surface area contributed by atoms with E-state index in [0.717, 1.165) is 0 Å². The quantitative estimate of drug-likeness (QED) is 0.649. The van der Waals surface area contributed by atoms with Crippen LogP contribution in [0.15, 0.2) is 47.6 Å². The average molecular weight is 414 g/mol.